The van der Waals surface area contributed by atoms with Crippen LogP contribution in [0, 0.1) is 5.92 Å². The molecule has 0 aromatic heterocycles. The second kappa shape index (κ2) is 6.15. The van der Waals surface area contributed by atoms with Crippen molar-refractivity contribution in [3.8, 4) is 0 Å². The molecular weight excluding hydrogens is 274 g/mol. The van der Waals surface area contributed by atoms with Gasteiger partial charge in [-0.05, 0) is 49.3 Å². The molecule has 1 aliphatic heterocycles. The Balaban J connectivity index is 1.41. The van der Waals surface area contributed by atoms with Gasteiger partial charge in [0.1, 0.15) is 0 Å². The quantitative estimate of drug-likeness (QED) is 0.906. The molecule has 3 rings (SSSR count). The summed E-state index contributed by atoms with van der Waals surface area (Å²) in [6.07, 6.45) is 4.52. The maximum Gasteiger partial charge on any atom is 0.223 e. The van der Waals surface area contributed by atoms with Crippen LogP contribution in [0.3, 0.4) is 0 Å². The van der Waals surface area contributed by atoms with Gasteiger partial charge < -0.3 is 10.1 Å². The first kappa shape index (κ1) is 13.9. The largest absolute Gasteiger partial charge is 0.378 e. The number of hydrogen-bond acceptors (Lipinski definition) is 2. The third-order valence-corrected chi connectivity index (χ3v) is 4.47. The molecule has 2 aliphatic rings. The maximum absolute atomic E-state index is 12.1. The predicted octanol–water partition coefficient (Wildman–Crippen LogP) is 3.13. The summed E-state index contributed by atoms with van der Waals surface area (Å²) >= 11 is 5.88. The minimum atomic E-state index is 0.140. The zero-order chi connectivity index (χ0) is 13.9. The molecule has 3 nitrogen and oxygen atoms in total. The molecule has 1 aromatic rings. The van der Waals surface area contributed by atoms with E-state index in [2.05, 4.69) is 5.32 Å². The SMILES string of the molecule is O=C(NCC[C@@H]1CCCO1)[C@@H]1C[C@H]1c1ccc(Cl)cc1. The second-order valence-corrected chi connectivity index (χ2v) is 6.15. The topological polar surface area (TPSA) is 38.3 Å². The van der Waals surface area contributed by atoms with Gasteiger partial charge in [0.25, 0.3) is 0 Å². The van der Waals surface area contributed by atoms with Gasteiger partial charge in [0, 0.05) is 24.1 Å². The van der Waals surface area contributed by atoms with Gasteiger partial charge in [0.05, 0.1) is 6.10 Å². The lowest BCUT2D eigenvalue weighted by Crippen LogP contribution is -2.28. The van der Waals surface area contributed by atoms with Crippen molar-refractivity contribution in [2.75, 3.05) is 13.2 Å². The van der Waals surface area contributed by atoms with E-state index in [1.807, 2.05) is 24.3 Å². The van der Waals surface area contributed by atoms with Gasteiger partial charge in [-0.2, -0.15) is 0 Å². The van der Waals surface area contributed by atoms with E-state index in [0.29, 0.717) is 12.0 Å². The first-order valence-corrected chi connectivity index (χ1v) is 7.76. The fraction of sp³-hybridized carbons (Fsp3) is 0.562. The molecule has 1 saturated heterocycles. The Morgan fingerprint density at radius 2 is 2.15 bits per heavy atom. The van der Waals surface area contributed by atoms with Crippen LogP contribution in [0.15, 0.2) is 24.3 Å². The lowest BCUT2D eigenvalue weighted by atomic mass is 10.1. The fourth-order valence-electron chi connectivity index (χ4n) is 2.92. The normalized spacial score (nSPS) is 28.4. The van der Waals surface area contributed by atoms with Crippen LogP contribution in [0.5, 0.6) is 0 Å². The summed E-state index contributed by atoms with van der Waals surface area (Å²) in [6, 6.07) is 7.82. The van der Waals surface area contributed by atoms with Gasteiger partial charge in [-0.1, -0.05) is 23.7 Å². The molecule has 4 heteroatoms. The summed E-state index contributed by atoms with van der Waals surface area (Å²) < 4.78 is 5.55. The Bertz CT molecular complexity index is 468. The number of rotatable bonds is 5. The van der Waals surface area contributed by atoms with Gasteiger partial charge in [0.15, 0.2) is 0 Å². The first-order chi connectivity index (χ1) is 9.74. The van der Waals surface area contributed by atoms with Crippen LogP contribution in [-0.2, 0) is 9.53 Å². The average Bonchev–Trinajstić information content (AvgIpc) is 3.08. The van der Waals surface area contributed by atoms with E-state index in [1.165, 1.54) is 5.56 Å². The molecule has 0 radical (unpaired) electrons. The molecule has 1 saturated carbocycles. The predicted molar refractivity (Wildman–Crippen MR) is 78.9 cm³/mol. The second-order valence-electron chi connectivity index (χ2n) is 5.71. The summed E-state index contributed by atoms with van der Waals surface area (Å²) in [5.74, 6) is 0.693. The van der Waals surface area contributed by atoms with E-state index in [9.17, 15) is 4.79 Å². The van der Waals surface area contributed by atoms with Crippen molar-refractivity contribution in [1.29, 1.82) is 0 Å². The highest BCUT2D eigenvalue weighted by atomic mass is 35.5. The van der Waals surface area contributed by atoms with E-state index in [4.69, 9.17) is 16.3 Å². The van der Waals surface area contributed by atoms with Crippen LogP contribution in [0.4, 0.5) is 0 Å². The first-order valence-electron chi connectivity index (χ1n) is 7.39. The molecule has 0 spiro atoms. The van der Waals surface area contributed by atoms with E-state index in [1.54, 1.807) is 0 Å². The van der Waals surface area contributed by atoms with Crippen LogP contribution in [0.2, 0.25) is 5.02 Å². The average molecular weight is 294 g/mol. The highest BCUT2D eigenvalue weighted by molar-refractivity contribution is 6.30. The van der Waals surface area contributed by atoms with Gasteiger partial charge in [0.2, 0.25) is 5.91 Å². The molecule has 108 valence electrons. The number of nitrogens with one attached hydrogen (secondary N) is 1. The van der Waals surface area contributed by atoms with Crippen molar-refractivity contribution >= 4 is 17.5 Å². The zero-order valence-electron chi connectivity index (χ0n) is 11.5. The Labute approximate surface area is 124 Å². The molecule has 1 heterocycles. The lowest BCUT2D eigenvalue weighted by Gasteiger charge is -2.10. The minimum absolute atomic E-state index is 0.140. The Hall–Kier alpha value is -1.06. The summed E-state index contributed by atoms with van der Waals surface area (Å²) in [4.78, 5) is 12.1. The van der Waals surface area contributed by atoms with Crippen molar-refractivity contribution in [3.63, 3.8) is 0 Å². The lowest BCUT2D eigenvalue weighted by molar-refractivity contribution is -0.122. The van der Waals surface area contributed by atoms with Crippen LogP contribution in [0.1, 0.15) is 37.2 Å². The number of amides is 1. The van der Waals surface area contributed by atoms with Crippen LogP contribution in [0.25, 0.3) is 0 Å². The third kappa shape index (κ3) is 3.33. The number of carbonyl (C=O) groups is 1. The highest BCUT2D eigenvalue weighted by Crippen LogP contribution is 2.47. The Morgan fingerprint density at radius 1 is 1.35 bits per heavy atom. The summed E-state index contributed by atoms with van der Waals surface area (Å²) in [7, 11) is 0. The Kier molecular flexibility index (Phi) is 4.27. The van der Waals surface area contributed by atoms with Gasteiger partial charge >= 0.3 is 0 Å². The minimum Gasteiger partial charge on any atom is -0.378 e. The number of benzene rings is 1. The van der Waals surface area contributed by atoms with Crippen molar-refractivity contribution in [1.82, 2.24) is 5.32 Å². The molecule has 0 unspecified atom stereocenters. The summed E-state index contributed by atoms with van der Waals surface area (Å²) in [5, 5.41) is 3.78. The number of hydrogen-bond donors (Lipinski definition) is 1. The molecule has 0 bridgehead atoms. The van der Waals surface area contributed by atoms with Gasteiger partial charge in [-0.15, -0.1) is 0 Å². The molecule has 3 atom stereocenters. The van der Waals surface area contributed by atoms with E-state index in [-0.39, 0.29) is 11.8 Å². The number of carbonyl (C=O) groups excluding carboxylic acids is 1. The molecule has 1 aliphatic carbocycles. The van der Waals surface area contributed by atoms with Crippen LogP contribution in [-0.4, -0.2) is 25.2 Å². The van der Waals surface area contributed by atoms with Crippen molar-refractivity contribution in [2.45, 2.75) is 37.7 Å². The number of halogens is 1. The van der Waals surface area contributed by atoms with E-state index in [0.717, 1.165) is 43.9 Å². The van der Waals surface area contributed by atoms with Crippen molar-refractivity contribution < 1.29 is 9.53 Å². The molecule has 1 amide bonds. The molecule has 1 N–H and O–H groups in total. The van der Waals surface area contributed by atoms with Crippen molar-refractivity contribution in [3.05, 3.63) is 34.9 Å². The van der Waals surface area contributed by atoms with E-state index >= 15 is 0 Å². The highest BCUT2D eigenvalue weighted by Gasteiger charge is 2.43. The number of ether oxygens (including phenoxy) is 1. The zero-order valence-corrected chi connectivity index (χ0v) is 12.2. The Morgan fingerprint density at radius 3 is 2.85 bits per heavy atom. The van der Waals surface area contributed by atoms with E-state index < -0.39 is 0 Å². The fourth-order valence-corrected chi connectivity index (χ4v) is 3.05. The molecule has 1 aromatic carbocycles. The maximum atomic E-state index is 12.1. The molecule has 20 heavy (non-hydrogen) atoms. The summed E-state index contributed by atoms with van der Waals surface area (Å²) in [5.41, 5.74) is 1.22. The van der Waals surface area contributed by atoms with Crippen LogP contribution >= 0.6 is 11.6 Å². The molecule has 2 fully saturated rings. The van der Waals surface area contributed by atoms with Gasteiger partial charge in [-0.25, -0.2) is 0 Å². The smallest absolute Gasteiger partial charge is 0.223 e. The van der Waals surface area contributed by atoms with Gasteiger partial charge in [-0.3, -0.25) is 4.79 Å². The standard InChI is InChI=1S/C16H20ClNO2/c17-12-5-3-11(4-6-12)14-10-15(14)16(19)18-8-7-13-2-1-9-20-13/h3-6,13-15H,1-2,7-10H2,(H,18,19)/t13-,14-,15+/m0/s1. The monoisotopic (exact) mass is 293 g/mol. The molecular formula is C16H20ClNO2. The summed E-state index contributed by atoms with van der Waals surface area (Å²) in [6.45, 7) is 1.60. The third-order valence-electron chi connectivity index (χ3n) is 4.21. The van der Waals surface area contributed by atoms with Crippen LogP contribution < -0.4 is 5.32 Å². The van der Waals surface area contributed by atoms with Crippen molar-refractivity contribution in [2.24, 2.45) is 5.92 Å².